The monoisotopic (exact) mass is 510 g/mol. The van der Waals surface area contributed by atoms with Gasteiger partial charge in [0.15, 0.2) is 5.78 Å². The van der Waals surface area contributed by atoms with Crippen LogP contribution in [0.25, 0.3) is 0 Å². The second kappa shape index (κ2) is 9.13. The molecule has 4 nitrogen and oxygen atoms in total. The van der Waals surface area contributed by atoms with Crippen LogP contribution in [-0.4, -0.2) is 17.9 Å². The van der Waals surface area contributed by atoms with Gasteiger partial charge in [-0.25, -0.2) is 0 Å². The molecule has 0 aromatic heterocycles. The van der Waals surface area contributed by atoms with E-state index in [4.69, 9.17) is 11.6 Å². The first-order chi connectivity index (χ1) is 17.1. The van der Waals surface area contributed by atoms with E-state index < -0.39 is 18.1 Å². The highest BCUT2D eigenvalue weighted by atomic mass is 35.5. The number of nitrogens with zero attached hydrogens (tertiary/aromatic N) is 1. The fraction of sp³-hybridized carbons (Fsp3) is 0.214. The van der Waals surface area contributed by atoms with E-state index in [0.717, 1.165) is 11.1 Å². The summed E-state index contributed by atoms with van der Waals surface area (Å²) in [6, 6.07) is 19.2. The van der Waals surface area contributed by atoms with E-state index in [0.29, 0.717) is 33.3 Å². The van der Waals surface area contributed by atoms with Crippen LogP contribution in [-0.2, 0) is 9.59 Å². The molecule has 1 heterocycles. The van der Waals surface area contributed by atoms with Crippen molar-refractivity contribution >= 4 is 34.7 Å². The van der Waals surface area contributed by atoms with Crippen molar-refractivity contribution in [1.82, 2.24) is 0 Å². The molecule has 0 bridgehead atoms. The molecule has 5 rings (SSSR count). The van der Waals surface area contributed by atoms with Crippen LogP contribution >= 0.6 is 11.6 Å². The van der Waals surface area contributed by atoms with Gasteiger partial charge in [0, 0.05) is 22.7 Å². The number of anilines is 2. The Morgan fingerprint density at radius 2 is 1.69 bits per heavy atom. The minimum absolute atomic E-state index is 0.0619. The van der Waals surface area contributed by atoms with Gasteiger partial charge in [0.05, 0.1) is 17.4 Å². The van der Waals surface area contributed by atoms with Gasteiger partial charge in [0.25, 0.3) is 0 Å². The first-order valence-corrected chi connectivity index (χ1v) is 11.9. The molecule has 0 unspecified atom stereocenters. The number of carbonyl (C=O) groups excluding carboxylic acids is 2. The quantitative estimate of drug-likeness (QED) is 0.399. The number of benzene rings is 3. The van der Waals surface area contributed by atoms with Crippen LogP contribution in [0.5, 0.6) is 0 Å². The average Bonchev–Trinajstić information content (AvgIpc) is 2.98. The van der Waals surface area contributed by atoms with Gasteiger partial charge in [-0.1, -0.05) is 65.7 Å². The molecule has 0 spiro atoms. The van der Waals surface area contributed by atoms with Gasteiger partial charge < -0.3 is 5.32 Å². The first kappa shape index (κ1) is 24.1. The van der Waals surface area contributed by atoms with Crippen molar-refractivity contribution in [1.29, 1.82) is 0 Å². The van der Waals surface area contributed by atoms with Crippen molar-refractivity contribution in [2.45, 2.75) is 37.9 Å². The number of amides is 1. The summed E-state index contributed by atoms with van der Waals surface area (Å²) in [4.78, 5) is 27.3. The molecule has 8 heteroatoms. The van der Waals surface area contributed by atoms with Crippen LogP contribution in [0.2, 0.25) is 5.02 Å². The van der Waals surface area contributed by atoms with E-state index in [1.807, 2.05) is 13.0 Å². The Morgan fingerprint density at radius 3 is 2.39 bits per heavy atom. The number of ketones is 1. The van der Waals surface area contributed by atoms with Gasteiger partial charge in [0.2, 0.25) is 0 Å². The molecule has 0 radical (unpaired) electrons. The number of Topliss-reactive ketones (excluding diaryl/α,β-unsaturated/α-hetero) is 1. The highest BCUT2D eigenvalue weighted by molar-refractivity contribution is 6.30. The summed E-state index contributed by atoms with van der Waals surface area (Å²) < 4.78 is 41.8. The third kappa shape index (κ3) is 4.39. The Morgan fingerprint density at radius 1 is 0.972 bits per heavy atom. The molecule has 2 aliphatic rings. The maximum Gasteiger partial charge on any atom is 0.471 e. The van der Waals surface area contributed by atoms with Gasteiger partial charge in [-0.15, -0.1) is 0 Å². The van der Waals surface area contributed by atoms with Crippen LogP contribution in [0.1, 0.15) is 41.5 Å². The van der Waals surface area contributed by atoms with Crippen molar-refractivity contribution in [2.75, 3.05) is 10.2 Å². The lowest BCUT2D eigenvalue weighted by molar-refractivity contribution is -0.170. The molecule has 3 aromatic rings. The van der Waals surface area contributed by atoms with Crippen LogP contribution in [0.4, 0.5) is 24.5 Å². The summed E-state index contributed by atoms with van der Waals surface area (Å²) in [6.45, 7) is 1.86. The molecule has 0 fully saturated rings. The zero-order valence-electron chi connectivity index (χ0n) is 19.3. The Labute approximate surface area is 211 Å². The highest BCUT2D eigenvalue weighted by Crippen LogP contribution is 2.48. The van der Waals surface area contributed by atoms with Crippen molar-refractivity contribution < 1.29 is 22.8 Å². The van der Waals surface area contributed by atoms with Gasteiger partial charge in [0.1, 0.15) is 0 Å². The zero-order chi connectivity index (χ0) is 25.6. The van der Waals surface area contributed by atoms with Crippen LogP contribution in [0, 0.1) is 6.92 Å². The minimum Gasteiger partial charge on any atom is -0.357 e. The number of allylic oxidation sites excluding steroid dienone is 1. The van der Waals surface area contributed by atoms with E-state index in [1.54, 1.807) is 60.7 Å². The van der Waals surface area contributed by atoms with Gasteiger partial charge >= 0.3 is 12.1 Å². The molecule has 36 heavy (non-hydrogen) atoms. The average molecular weight is 511 g/mol. The molecule has 184 valence electrons. The number of carbonyl (C=O) groups is 2. The molecule has 1 aliphatic carbocycles. The number of hydrogen-bond acceptors (Lipinski definition) is 3. The first-order valence-electron chi connectivity index (χ1n) is 11.5. The summed E-state index contributed by atoms with van der Waals surface area (Å²) in [5.74, 6) is -2.55. The van der Waals surface area contributed by atoms with Crippen LogP contribution < -0.4 is 10.2 Å². The topological polar surface area (TPSA) is 49.4 Å². The Balaban J connectivity index is 1.73. The second-order valence-electron chi connectivity index (χ2n) is 9.10. The standard InChI is InChI=1S/C28H22ClF3N2O2/c1-16-9-11-17(12-10-16)26-25-22(14-19(15-24(25)35)18-5-4-6-20(29)13-18)33-21-7-2-3-8-23(21)34(26)27(36)28(30,31)32/h2-13,19,26,33H,14-15H2,1H3/t19-,26+/m0/s1. The van der Waals surface area contributed by atoms with Crippen molar-refractivity contribution in [3.05, 3.63) is 106 Å². The predicted octanol–water partition coefficient (Wildman–Crippen LogP) is 7.11. The SMILES string of the molecule is Cc1ccc([C@@H]2C3=C(C[C@H](c4cccc(Cl)c4)CC3=O)Nc3ccccc3N2C(=O)C(F)(F)F)cc1. The van der Waals surface area contributed by atoms with Crippen molar-refractivity contribution in [3.63, 3.8) is 0 Å². The molecule has 0 saturated heterocycles. The van der Waals surface area contributed by atoms with E-state index in [-0.39, 0.29) is 29.4 Å². The summed E-state index contributed by atoms with van der Waals surface area (Å²) in [5.41, 5.74) is 3.28. The lowest BCUT2D eigenvalue weighted by Crippen LogP contribution is -2.45. The van der Waals surface area contributed by atoms with E-state index in [1.165, 1.54) is 6.07 Å². The summed E-state index contributed by atoms with van der Waals surface area (Å²) in [7, 11) is 0. The fourth-order valence-corrected chi connectivity index (χ4v) is 5.21. The smallest absolute Gasteiger partial charge is 0.357 e. The molecule has 3 aromatic carbocycles. The number of para-hydroxylation sites is 2. The number of rotatable bonds is 2. The number of alkyl halides is 3. The molecule has 1 amide bonds. The number of hydrogen-bond donors (Lipinski definition) is 1. The largest absolute Gasteiger partial charge is 0.471 e. The Kier molecular flexibility index (Phi) is 6.12. The van der Waals surface area contributed by atoms with Gasteiger partial charge in [-0.05, 0) is 54.7 Å². The van der Waals surface area contributed by atoms with E-state index in [2.05, 4.69) is 5.32 Å². The van der Waals surface area contributed by atoms with E-state index in [9.17, 15) is 22.8 Å². The summed E-state index contributed by atoms with van der Waals surface area (Å²) >= 11 is 6.18. The highest BCUT2D eigenvalue weighted by Gasteiger charge is 2.49. The van der Waals surface area contributed by atoms with E-state index >= 15 is 0 Å². The van der Waals surface area contributed by atoms with Gasteiger partial charge in [-0.3, -0.25) is 14.5 Å². The predicted molar refractivity (Wildman–Crippen MR) is 133 cm³/mol. The number of aryl methyl sites for hydroxylation is 1. The zero-order valence-corrected chi connectivity index (χ0v) is 20.0. The van der Waals surface area contributed by atoms with Gasteiger partial charge in [-0.2, -0.15) is 13.2 Å². The molecule has 0 saturated carbocycles. The number of fused-ring (bicyclic) bond motifs is 1. The molecular weight excluding hydrogens is 489 g/mol. The molecule has 1 N–H and O–H groups in total. The minimum atomic E-state index is -5.14. The van der Waals surface area contributed by atoms with Crippen LogP contribution in [0.15, 0.2) is 84.1 Å². The Hall–Kier alpha value is -3.58. The number of nitrogens with one attached hydrogen (secondary N) is 1. The lowest BCUT2D eigenvalue weighted by Gasteiger charge is -2.35. The maximum absolute atomic E-state index is 13.9. The normalized spacial score (nSPS) is 19.8. The summed E-state index contributed by atoms with van der Waals surface area (Å²) in [5, 5.41) is 3.76. The van der Waals surface area contributed by atoms with Crippen molar-refractivity contribution in [3.8, 4) is 0 Å². The third-order valence-corrected chi connectivity index (χ3v) is 6.90. The maximum atomic E-state index is 13.9. The molecule has 2 atom stereocenters. The molecular formula is C28H22ClF3N2O2. The fourth-order valence-electron chi connectivity index (χ4n) is 5.01. The lowest BCUT2D eigenvalue weighted by atomic mass is 9.78. The van der Waals surface area contributed by atoms with Crippen LogP contribution in [0.3, 0.4) is 0 Å². The van der Waals surface area contributed by atoms with Crippen molar-refractivity contribution in [2.24, 2.45) is 0 Å². The Bertz CT molecular complexity index is 1380. The summed E-state index contributed by atoms with van der Waals surface area (Å²) in [6.07, 6.45) is -4.66. The number of halogens is 4. The molecule has 1 aliphatic heterocycles. The second-order valence-corrected chi connectivity index (χ2v) is 9.54. The third-order valence-electron chi connectivity index (χ3n) is 6.66.